The number of ether oxygens (including phenoxy) is 2. The molecule has 6 heteroatoms. The normalized spacial score (nSPS) is 11.0. The highest BCUT2D eigenvalue weighted by molar-refractivity contribution is 7.92. The van der Waals surface area contributed by atoms with Crippen LogP contribution in [0.25, 0.3) is 0 Å². The van der Waals surface area contributed by atoms with Gasteiger partial charge in [-0.3, -0.25) is 4.31 Å². The molecular weight excluding hydrogens is 302 g/mol. The van der Waals surface area contributed by atoms with Crippen molar-refractivity contribution in [1.82, 2.24) is 0 Å². The molecule has 2 rings (SSSR count). The van der Waals surface area contributed by atoms with Crippen molar-refractivity contribution in [3.63, 3.8) is 0 Å². The molecule has 0 aliphatic heterocycles. The first-order chi connectivity index (χ1) is 10.5. The lowest BCUT2D eigenvalue weighted by Crippen LogP contribution is -2.26. The van der Waals surface area contributed by atoms with Gasteiger partial charge in [-0.15, -0.1) is 0 Å². The van der Waals surface area contributed by atoms with E-state index in [4.69, 9.17) is 9.47 Å². The summed E-state index contributed by atoms with van der Waals surface area (Å²) in [6.45, 7) is 2.42. The molecule has 0 spiro atoms. The molecule has 0 fully saturated rings. The van der Waals surface area contributed by atoms with Gasteiger partial charge < -0.3 is 9.47 Å². The molecule has 22 heavy (non-hydrogen) atoms. The summed E-state index contributed by atoms with van der Waals surface area (Å²) in [5.41, 5.74) is 0.565. The maximum absolute atomic E-state index is 12.6. The molecule has 0 atom stereocenters. The lowest BCUT2D eigenvalue weighted by Gasteiger charge is -2.20. The Morgan fingerprint density at radius 3 is 2.00 bits per heavy atom. The molecule has 5 nitrogen and oxygen atoms in total. The van der Waals surface area contributed by atoms with Crippen molar-refractivity contribution in [2.24, 2.45) is 0 Å². The van der Waals surface area contributed by atoms with Crippen LogP contribution in [0.5, 0.6) is 11.5 Å². The van der Waals surface area contributed by atoms with Gasteiger partial charge in [0.2, 0.25) is 0 Å². The topological polar surface area (TPSA) is 55.8 Å². The number of anilines is 1. The van der Waals surface area contributed by atoms with Crippen LogP contribution in [0.4, 0.5) is 5.69 Å². The molecule has 0 unspecified atom stereocenters. The predicted octanol–water partition coefficient (Wildman–Crippen LogP) is 2.92. The fraction of sp³-hybridized carbons (Fsp3) is 0.250. The highest BCUT2D eigenvalue weighted by Crippen LogP contribution is 2.25. The minimum atomic E-state index is -3.61. The van der Waals surface area contributed by atoms with Crippen molar-refractivity contribution < 1.29 is 17.9 Å². The predicted molar refractivity (Wildman–Crippen MR) is 86.2 cm³/mol. The summed E-state index contributed by atoms with van der Waals surface area (Å²) in [6, 6.07) is 13.2. The van der Waals surface area contributed by atoms with Crippen molar-refractivity contribution >= 4 is 15.7 Å². The Kier molecular flexibility index (Phi) is 4.92. The van der Waals surface area contributed by atoms with Crippen LogP contribution >= 0.6 is 0 Å². The molecule has 0 bridgehead atoms. The van der Waals surface area contributed by atoms with Crippen molar-refractivity contribution in [1.29, 1.82) is 0 Å². The third-order valence-electron chi connectivity index (χ3n) is 3.23. The summed E-state index contributed by atoms with van der Waals surface area (Å²) in [4.78, 5) is 0.217. The van der Waals surface area contributed by atoms with E-state index in [-0.39, 0.29) is 4.90 Å². The molecule has 2 aromatic rings. The molecule has 0 aliphatic carbocycles. The van der Waals surface area contributed by atoms with Crippen LogP contribution in [0.15, 0.2) is 53.4 Å². The lowest BCUT2D eigenvalue weighted by molar-refractivity contribution is 0.340. The number of hydrogen-bond acceptors (Lipinski definition) is 4. The van der Waals surface area contributed by atoms with E-state index in [1.807, 2.05) is 6.92 Å². The Labute approximate surface area is 131 Å². The monoisotopic (exact) mass is 321 g/mol. The van der Waals surface area contributed by atoms with Crippen molar-refractivity contribution in [3.05, 3.63) is 48.5 Å². The standard InChI is InChI=1S/C16H19NO4S/c1-4-21-15-9-11-16(12-10-15)22(18,19)17(2)13-5-7-14(20-3)8-6-13/h5-12H,4H2,1-3H3. The first kappa shape index (κ1) is 16.2. The maximum atomic E-state index is 12.6. The molecule has 0 saturated carbocycles. The SMILES string of the molecule is CCOc1ccc(S(=O)(=O)N(C)c2ccc(OC)cc2)cc1. The smallest absolute Gasteiger partial charge is 0.264 e. The largest absolute Gasteiger partial charge is 0.497 e. The Balaban J connectivity index is 2.27. The van der Waals surface area contributed by atoms with E-state index in [0.29, 0.717) is 23.8 Å². The van der Waals surface area contributed by atoms with E-state index in [1.54, 1.807) is 55.6 Å². The summed E-state index contributed by atoms with van der Waals surface area (Å²) >= 11 is 0. The summed E-state index contributed by atoms with van der Waals surface area (Å²) in [5.74, 6) is 1.32. The third-order valence-corrected chi connectivity index (χ3v) is 5.03. The van der Waals surface area contributed by atoms with Gasteiger partial charge in [-0.05, 0) is 55.5 Å². The first-order valence-corrected chi connectivity index (χ1v) is 8.29. The van der Waals surface area contributed by atoms with E-state index < -0.39 is 10.0 Å². The molecule has 0 aliphatic rings. The van der Waals surface area contributed by atoms with E-state index in [9.17, 15) is 8.42 Å². The molecule has 0 amide bonds. The maximum Gasteiger partial charge on any atom is 0.264 e. The van der Waals surface area contributed by atoms with Gasteiger partial charge in [0.05, 0.1) is 24.3 Å². The van der Waals surface area contributed by atoms with Gasteiger partial charge in [-0.25, -0.2) is 8.42 Å². The van der Waals surface area contributed by atoms with Gasteiger partial charge in [-0.1, -0.05) is 0 Å². The van der Waals surface area contributed by atoms with Crippen LogP contribution in [0.3, 0.4) is 0 Å². The van der Waals surface area contributed by atoms with Gasteiger partial charge in [0.25, 0.3) is 10.0 Å². The number of rotatable bonds is 6. The first-order valence-electron chi connectivity index (χ1n) is 6.85. The van der Waals surface area contributed by atoms with Crippen LogP contribution in [-0.4, -0.2) is 29.2 Å². The van der Waals surface area contributed by atoms with E-state index in [1.165, 1.54) is 11.4 Å². The second kappa shape index (κ2) is 6.70. The quantitative estimate of drug-likeness (QED) is 0.821. The molecular formula is C16H19NO4S. The van der Waals surface area contributed by atoms with Gasteiger partial charge >= 0.3 is 0 Å². The zero-order valence-corrected chi connectivity index (χ0v) is 13.6. The second-order valence-electron chi connectivity index (χ2n) is 4.57. The Hall–Kier alpha value is -2.21. The highest BCUT2D eigenvalue weighted by Gasteiger charge is 2.21. The number of nitrogens with zero attached hydrogens (tertiary/aromatic N) is 1. The molecule has 0 N–H and O–H groups in total. The zero-order valence-electron chi connectivity index (χ0n) is 12.8. The summed E-state index contributed by atoms with van der Waals surface area (Å²) < 4.78 is 36.9. The third kappa shape index (κ3) is 3.33. The van der Waals surface area contributed by atoms with Crippen LogP contribution in [0.2, 0.25) is 0 Å². The average Bonchev–Trinajstić information content (AvgIpc) is 2.55. The molecule has 118 valence electrons. The van der Waals surface area contributed by atoms with Crippen LogP contribution < -0.4 is 13.8 Å². The minimum absolute atomic E-state index is 0.217. The van der Waals surface area contributed by atoms with Gasteiger partial charge in [0.15, 0.2) is 0 Å². The summed E-state index contributed by atoms with van der Waals surface area (Å²) in [7, 11) is -0.520. The summed E-state index contributed by atoms with van der Waals surface area (Å²) in [5, 5.41) is 0. The minimum Gasteiger partial charge on any atom is -0.497 e. The van der Waals surface area contributed by atoms with Crippen molar-refractivity contribution in [3.8, 4) is 11.5 Å². The fourth-order valence-electron chi connectivity index (χ4n) is 1.96. The van der Waals surface area contributed by atoms with E-state index in [0.717, 1.165) is 0 Å². The molecule has 0 radical (unpaired) electrons. The van der Waals surface area contributed by atoms with E-state index >= 15 is 0 Å². The van der Waals surface area contributed by atoms with Crippen LogP contribution in [-0.2, 0) is 10.0 Å². The summed E-state index contributed by atoms with van der Waals surface area (Å²) in [6.07, 6.45) is 0. The zero-order chi connectivity index (χ0) is 16.2. The molecule has 0 saturated heterocycles. The van der Waals surface area contributed by atoms with Gasteiger partial charge in [0.1, 0.15) is 11.5 Å². The van der Waals surface area contributed by atoms with Gasteiger partial charge in [0, 0.05) is 7.05 Å². The number of benzene rings is 2. The number of methoxy groups -OCH3 is 1. The molecule has 0 aromatic heterocycles. The fourth-order valence-corrected chi connectivity index (χ4v) is 3.16. The average molecular weight is 321 g/mol. The molecule has 2 aromatic carbocycles. The van der Waals surface area contributed by atoms with E-state index in [2.05, 4.69) is 0 Å². The van der Waals surface area contributed by atoms with Crippen molar-refractivity contribution in [2.45, 2.75) is 11.8 Å². The number of sulfonamides is 1. The Morgan fingerprint density at radius 2 is 1.50 bits per heavy atom. The second-order valence-corrected chi connectivity index (χ2v) is 6.54. The van der Waals surface area contributed by atoms with Crippen molar-refractivity contribution in [2.75, 3.05) is 25.1 Å². The Bertz CT molecular complexity index is 709. The Morgan fingerprint density at radius 1 is 0.955 bits per heavy atom. The lowest BCUT2D eigenvalue weighted by atomic mass is 10.3. The van der Waals surface area contributed by atoms with Gasteiger partial charge in [-0.2, -0.15) is 0 Å². The molecule has 0 heterocycles. The van der Waals surface area contributed by atoms with Crippen LogP contribution in [0, 0.1) is 0 Å². The van der Waals surface area contributed by atoms with Crippen LogP contribution in [0.1, 0.15) is 6.92 Å². The highest BCUT2D eigenvalue weighted by atomic mass is 32.2. The number of hydrogen-bond donors (Lipinski definition) is 0.